The molecule has 23 heavy (non-hydrogen) atoms. The molecule has 1 N–H and O–H groups in total. The molecule has 0 radical (unpaired) electrons. The van der Waals surface area contributed by atoms with Gasteiger partial charge in [-0.3, -0.25) is 9.69 Å². The maximum absolute atomic E-state index is 12.3. The summed E-state index contributed by atoms with van der Waals surface area (Å²) in [7, 11) is 0. The van der Waals surface area contributed by atoms with Crippen LogP contribution in [0.2, 0.25) is 0 Å². The van der Waals surface area contributed by atoms with Crippen LogP contribution in [0.1, 0.15) is 19.4 Å². The van der Waals surface area contributed by atoms with E-state index in [0.29, 0.717) is 18.3 Å². The number of hydrogen-bond acceptors (Lipinski definition) is 4. The van der Waals surface area contributed by atoms with Crippen LogP contribution in [0.4, 0.5) is 5.82 Å². The quantitative estimate of drug-likeness (QED) is 0.919. The lowest BCUT2D eigenvalue weighted by Gasteiger charge is -2.18. The molecule has 5 heteroatoms. The zero-order valence-corrected chi connectivity index (χ0v) is 13.8. The summed E-state index contributed by atoms with van der Waals surface area (Å²) >= 11 is 0. The van der Waals surface area contributed by atoms with Crippen molar-refractivity contribution in [3.63, 3.8) is 0 Å². The first-order chi connectivity index (χ1) is 11.2. The van der Waals surface area contributed by atoms with E-state index >= 15 is 0 Å². The lowest BCUT2D eigenvalue weighted by atomic mass is 10.1. The summed E-state index contributed by atoms with van der Waals surface area (Å²) in [5, 5.41) is 3.36. The molecule has 1 aliphatic rings. The van der Waals surface area contributed by atoms with Gasteiger partial charge < -0.3 is 9.88 Å². The molecule has 0 amide bonds. The minimum Gasteiger partial charge on any atom is -0.361 e. The zero-order valence-electron chi connectivity index (χ0n) is 13.8. The third-order valence-electron chi connectivity index (χ3n) is 4.51. The number of nitrogens with one attached hydrogen (secondary N) is 1. The van der Waals surface area contributed by atoms with Crippen LogP contribution in [0.15, 0.2) is 47.5 Å². The molecule has 1 aliphatic heterocycles. The van der Waals surface area contributed by atoms with Gasteiger partial charge >= 0.3 is 0 Å². The van der Waals surface area contributed by atoms with E-state index in [1.807, 2.05) is 13.0 Å². The van der Waals surface area contributed by atoms with E-state index in [2.05, 4.69) is 46.4 Å². The smallest absolute Gasteiger partial charge is 0.293 e. The van der Waals surface area contributed by atoms with Crippen molar-refractivity contribution < 1.29 is 0 Å². The predicted octanol–water partition coefficient (Wildman–Crippen LogP) is 2.20. The summed E-state index contributed by atoms with van der Waals surface area (Å²) in [5.74, 6) is 0.947. The van der Waals surface area contributed by atoms with E-state index in [9.17, 15) is 4.79 Å². The lowest BCUT2D eigenvalue weighted by molar-refractivity contribution is 0.319. The number of aromatic nitrogens is 2. The fourth-order valence-electron chi connectivity index (χ4n) is 3.20. The first kappa shape index (κ1) is 15.7. The molecule has 2 aromatic rings. The number of rotatable bonds is 5. The molecule has 0 bridgehead atoms. The van der Waals surface area contributed by atoms with E-state index in [0.717, 1.165) is 19.6 Å². The molecule has 1 aromatic carbocycles. The monoisotopic (exact) mass is 312 g/mol. The predicted molar refractivity (Wildman–Crippen MR) is 92.5 cm³/mol. The van der Waals surface area contributed by atoms with E-state index in [1.54, 1.807) is 17.0 Å². The van der Waals surface area contributed by atoms with Crippen LogP contribution < -0.4 is 10.9 Å². The summed E-state index contributed by atoms with van der Waals surface area (Å²) in [4.78, 5) is 19.0. The lowest BCUT2D eigenvalue weighted by Crippen LogP contribution is -2.33. The van der Waals surface area contributed by atoms with Gasteiger partial charge in [0.2, 0.25) is 0 Å². The summed E-state index contributed by atoms with van der Waals surface area (Å²) in [6.45, 7) is 7.76. The Morgan fingerprint density at radius 1 is 1.26 bits per heavy atom. The van der Waals surface area contributed by atoms with Gasteiger partial charge in [0.25, 0.3) is 5.56 Å². The third kappa shape index (κ3) is 3.62. The Morgan fingerprint density at radius 3 is 2.78 bits per heavy atom. The standard InChI is InChI=1S/C18H24N4O/c1-3-22-10-9-19-17(18(22)23)20-16-13-21(11-14(16)2)12-15-7-5-4-6-8-15/h4-10,14,16H,3,11-13H2,1-2H3,(H,19,20). The molecule has 0 aliphatic carbocycles. The molecule has 0 saturated carbocycles. The molecule has 1 saturated heterocycles. The maximum Gasteiger partial charge on any atom is 0.293 e. The Hall–Kier alpha value is -2.14. The van der Waals surface area contributed by atoms with Crippen molar-refractivity contribution in [3.05, 3.63) is 58.6 Å². The fourth-order valence-corrected chi connectivity index (χ4v) is 3.20. The van der Waals surface area contributed by atoms with Gasteiger partial charge in [-0.1, -0.05) is 37.3 Å². The van der Waals surface area contributed by atoms with Crippen LogP contribution >= 0.6 is 0 Å². The highest BCUT2D eigenvalue weighted by molar-refractivity contribution is 5.33. The van der Waals surface area contributed by atoms with E-state index in [1.165, 1.54) is 5.56 Å². The second-order valence-corrected chi connectivity index (χ2v) is 6.27. The summed E-state index contributed by atoms with van der Waals surface area (Å²) in [5.41, 5.74) is 1.29. The topological polar surface area (TPSA) is 50.2 Å². The van der Waals surface area contributed by atoms with Crippen molar-refractivity contribution in [1.82, 2.24) is 14.5 Å². The van der Waals surface area contributed by atoms with Crippen LogP contribution in [0.25, 0.3) is 0 Å². The van der Waals surface area contributed by atoms with E-state index in [-0.39, 0.29) is 11.6 Å². The van der Waals surface area contributed by atoms with Crippen LogP contribution in [0.5, 0.6) is 0 Å². The molecule has 122 valence electrons. The van der Waals surface area contributed by atoms with Crippen molar-refractivity contribution in [2.75, 3.05) is 18.4 Å². The summed E-state index contributed by atoms with van der Waals surface area (Å²) < 4.78 is 1.68. The molecule has 5 nitrogen and oxygen atoms in total. The van der Waals surface area contributed by atoms with Crippen molar-refractivity contribution in [2.24, 2.45) is 5.92 Å². The van der Waals surface area contributed by atoms with Crippen LogP contribution in [-0.2, 0) is 13.1 Å². The molecule has 2 atom stereocenters. The molecule has 2 unspecified atom stereocenters. The minimum atomic E-state index is -0.0382. The normalized spacial score (nSPS) is 21.5. The molecule has 1 fully saturated rings. The van der Waals surface area contributed by atoms with Crippen molar-refractivity contribution in [3.8, 4) is 0 Å². The first-order valence-electron chi connectivity index (χ1n) is 8.25. The van der Waals surface area contributed by atoms with Crippen molar-refractivity contribution in [2.45, 2.75) is 33.0 Å². The van der Waals surface area contributed by atoms with Gasteiger partial charge in [-0.05, 0) is 18.4 Å². The molecule has 0 spiro atoms. The van der Waals surface area contributed by atoms with Gasteiger partial charge in [0, 0.05) is 44.6 Å². The Bertz CT molecular complexity index is 698. The molecular weight excluding hydrogens is 288 g/mol. The summed E-state index contributed by atoms with van der Waals surface area (Å²) in [6, 6.07) is 10.8. The second kappa shape index (κ2) is 6.96. The zero-order chi connectivity index (χ0) is 16.2. The second-order valence-electron chi connectivity index (χ2n) is 6.27. The van der Waals surface area contributed by atoms with Gasteiger partial charge in [-0.2, -0.15) is 0 Å². The maximum atomic E-state index is 12.3. The fraction of sp³-hybridized carbons (Fsp3) is 0.444. The minimum absolute atomic E-state index is 0.0382. The molecule has 2 heterocycles. The summed E-state index contributed by atoms with van der Waals surface area (Å²) in [6.07, 6.45) is 3.42. The van der Waals surface area contributed by atoms with Gasteiger partial charge in [0.15, 0.2) is 5.82 Å². The highest BCUT2D eigenvalue weighted by Gasteiger charge is 2.30. The van der Waals surface area contributed by atoms with E-state index < -0.39 is 0 Å². The van der Waals surface area contributed by atoms with Crippen LogP contribution in [-0.4, -0.2) is 33.6 Å². The largest absolute Gasteiger partial charge is 0.361 e. The van der Waals surface area contributed by atoms with Crippen molar-refractivity contribution >= 4 is 5.82 Å². The molecule has 3 rings (SSSR count). The average molecular weight is 312 g/mol. The number of hydrogen-bond donors (Lipinski definition) is 1. The number of anilines is 1. The highest BCUT2D eigenvalue weighted by Crippen LogP contribution is 2.21. The Labute approximate surface area is 137 Å². The average Bonchev–Trinajstić information content (AvgIpc) is 2.90. The van der Waals surface area contributed by atoms with Gasteiger partial charge in [-0.25, -0.2) is 4.98 Å². The van der Waals surface area contributed by atoms with Crippen molar-refractivity contribution in [1.29, 1.82) is 0 Å². The van der Waals surface area contributed by atoms with Gasteiger partial charge in [0.05, 0.1) is 0 Å². The van der Waals surface area contributed by atoms with Gasteiger partial charge in [-0.15, -0.1) is 0 Å². The molecule has 1 aromatic heterocycles. The highest BCUT2D eigenvalue weighted by atomic mass is 16.1. The number of nitrogens with zero attached hydrogens (tertiary/aromatic N) is 3. The Kier molecular flexibility index (Phi) is 4.76. The Balaban J connectivity index is 1.67. The molecular formula is C18H24N4O. The number of likely N-dealkylation sites (tertiary alicyclic amines) is 1. The van der Waals surface area contributed by atoms with Crippen LogP contribution in [0.3, 0.4) is 0 Å². The SMILES string of the molecule is CCn1ccnc(NC2CN(Cc3ccccc3)CC2C)c1=O. The first-order valence-corrected chi connectivity index (χ1v) is 8.25. The Morgan fingerprint density at radius 2 is 2.04 bits per heavy atom. The third-order valence-corrected chi connectivity index (χ3v) is 4.51. The van der Waals surface area contributed by atoms with E-state index in [4.69, 9.17) is 0 Å². The van der Waals surface area contributed by atoms with Gasteiger partial charge in [0.1, 0.15) is 0 Å². The van der Waals surface area contributed by atoms with Crippen LogP contribution in [0, 0.1) is 5.92 Å². The number of benzene rings is 1. The number of aryl methyl sites for hydroxylation is 1.